The predicted octanol–water partition coefficient (Wildman–Crippen LogP) is 1.05. The minimum atomic E-state index is -1.32. The highest BCUT2D eigenvalue weighted by Gasteiger charge is 2.27. The first-order chi connectivity index (χ1) is 7.57. The Morgan fingerprint density at radius 1 is 1.44 bits per heavy atom. The van der Waals surface area contributed by atoms with Gasteiger partial charge in [0.2, 0.25) is 0 Å². The molecule has 1 aromatic carbocycles. The Kier molecular flexibility index (Phi) is 4.46. The second-order valence-corrected chi connectivity index (χ2v) is 3.95. The Labute approximate surface area is 102 Å². The second kappa shape index (κ2) is 5.43. The Balaban J connectivity index is 2.98. The molecule has 1 aromatic rings. The standard InChI is InChI=1S/C11H13BrO4/c1-16-10(14)8-2-4-9(5-3-8)11(15,6-12)7-13/h2-5,13,15H,6-7H2,1H3/t11-/m1/s1. The molecule has 0 fully saturated rings. The minimum absolute atomic E-state index is 0.216. The van der Waals surface area contributed by atoms with E-state index in [2.05, 4.69) is 20.7 Å². The molecule has 0 saturated carbocycles. The lowest BCUT2D eigenvalue weighted by atomic mass is 9.96. The van der Waals surface area contributed by atoms with Crippen LogP contribution in [0, 0.1) is 0 Å². The number of carbonyl (C=O) groups is 1. The van der Waals surface area contributed by atoms with Gasteiger partial charge < -0.3 is 14.9 Å². The van der Waals surface area contributed by atoms with Crippen LogP contribution in [-0.2, 0) is 10.3 Å². The van der Waals surface area contributed by atoms with Crippen LogP contribution in [0.4, 0.5) is 0 Å². The Bertz CT molecular complexity index is 357. The van der Waals surface area contributed by atoms with E-state index in [1.807, 2.05) is 0 Å². The topological polar surface area (TPSA) is 66.8 Å². The zero-order valence-corrected chi connectivity index (χ0v) is 10.4. The number of methoxy groups -OCH3 is 1. The van der Waals surface area contributed by atoms with Crippen LogP contribution in [-0.4, -0.2) is 35.2 Å². The molecule has 5 heteroatoms. The van der Waals surface area contributed by atoms with Crippen molar-refractivity contribution in [1.29, 1.82) is 0 Å². The number of halogens is 1. The maximum absolute atomic E-state index is 11.2. The van der Waals surface area contributed by atoms with Gasteiger partial charge in [0.05, 0.1) is 19.3 Å². The fraction of sp³-hybridized carbons (Fsp3) is 0.364. The number of esters is 1. The monoisotopic (exact) mass is 288 g/mol. The Morgan fingerprint density at radius 3 is 2.38 bits per heavy atom. The summed E-state index contributed by atoms with van der Waals surface area (Å²) in [6.45, 7) is -0.393. The first-order valence-electron chi connectivity index (χ1n) is 4.65. The van der Waals surface area contributed by atoms with E-state index in [0.29, 0.717) is 11.1 Å². The van der Waals surface area contributed by atoms with Gasteiger partial charge in [-0.05, 0) is 17.7 Å². The molecule has 0 unspecified atom stereocenters. The number of hydrogen-bond donors (Lipinski definition) is 2. The van der Waals surface area contributed by atoms with E-state index in [0.717, 1.165) is 0 Å². The van der Waals surface area contributed by atoms with Gasteiger partial charge in [0.15, 0.2) is 0 Å². The molecule has 0 radical (unpaired) electrons. The van der Waals surface area contributed by atoms with Crippen LogP contribution in [0.5, 0.6) is 0 Å². The summed E-state index contributed by atoms with van der Waals surface area (Å²) < 4.78 is 4.55. The minimum Gasteiger partial charge on any atom is -0.465 e. The molecular formula is C11H13BrO4. The molecule has 0 bridgehead atoms. The molecule has 16 heavy (non-hydrogen) atoms. The van der Waals surface area contributed by atoms with Crippen molar-refractivity contribution in [1.82, 2.24) is 0 Å². The van der Waals surface area contributed by atoms with Crippen molar-refractivity contribution in [2.45, 2.75) is 5.60 Å². The summed E-state index contributed by atoms with van der Waals surface area (Å²) in [5.74, 6) is -0.432. The molecule has 0 heterocycles. The number of alkyl halides is 1. The fourth-order valence-electron chi connectivity index (χ4n) is 1.25. The maximum atomic E-state index is 11.2. The quantitative estimate of drug-likeness (QED) is 0.642. The smallest absolute Gasteiger partial charge is 0.337 e. The SMILES string of the molecule is COC(=O)c1ccc([C@](O)(CO)CBr)cc1. The third-order valence-electron chi connectivity index (χ3n) is 2.33. The van der Waals surface area contributed by atoms with Gasteiger partial charge in [0.1, 0.15) is 5.60 Å². The first-order valence-corrected chi connectivity index (χ1v) is 5.77. The van der Waals surface area contributed by atoms with Crippen molar-refractivity contribution in [3.05, 3.63) is 35.4 Å². The van der Waals surface area contributed by atoms with Crippen molar-refractivity contribution in [3.8, 4) is 0 Å². The Morgan fingerprint density at radius 2 is 2.00 bits per heavy atom. The highest BCUT2D eigenvalue weighted by Crippen LogP contribution is 2.23. The largest absolute Gasteiger partial charge is 0.465 e. The first kappa shape index (κ1) is 13.2. The van der Waals surface area contributed by atoms with E-state index in [-0.39, 0.29) is 5.33 Å². The Hall–Kier alpha value is -0.910. The van der Waals surface area contributed by atoms with Crippen LogP contribution in [0.15, 0.2) is 24.3 Å². The van der Waals surface area contributed by atoms with E-state index >= 15 is 0 Å². The van der Waals surface area contributed by atoms with Gasteiger partial charge in [-0.1, -0.05) is 28.1 Å². The number of carbonyl (C=O) groups excluding carboxylic acids is 1. The summed E-state index contributed by atoms with van der Waals surface area (Å²) in [5.41, 5.74) is -0.380. The number of hydrogen-bond acceptors (Lipinski definition) is 4. The average Bonchev–Trinajstić information content (AvgIpc) is 2.37. The molecule has 1 atom stereocenters. The fourth-order valence-corrected chi connectivity index (χ4v) is 1.75. The molecular weight excluding hydrogens is 276 g/mol. The molecule has 1 rings (SSSR count). The van der Waals surface area contributed by atoms with E-state index < -0.39 is 18.2 Å². The van der Waals surface area contributed by atoms with Crippen LogP contribution in [0.3, 0.4) is 0 Å². The normalized spacial score (nSPS) is 14.2. The zero-order valence-electron chi connectivity index (χ0n) is 8.81. The average molecular weight is 289 g/mol. The third-order valence-corrected chi connectivity index (χ3v) is 3.25. The van der Waals surface area contributed by atoms with Crippen molar-refractivity contribution in [3.63, 3.8) is 0 Å². The number of ether oxygens (including phenoxy) is 1. The van der Waals surface area contributed by atoms with Gasteiger partial charge in [-0.2, -0.15) is 0 Å². The summed E-state index contributed by atoms with van der Waals surface area (Å²) in [6, 6.07) is 6.27. The molecule has 0 aliphatic rings. The van der Waals surface area contributed by atoms with Crippen LogP contribution in [0.25, 0.3) is 0 Å². The lowest BCUT2D eigenvalue weighted by Crippen LogP contribution is -2.32. The van der Waals surface area contributed by atoms with Crippen molar-refractivity contribution in [2.75, 3.05) is 19.0 Å². The molecule has 0 aliphatic carbocycles. The van der Waals surface area contributed by atoms with E-state index in [1.165, 1.54) is 7.11 Å². The molecule has 0 aromatic heterocycles. The van der Waals surface area contributed by atoms with Crippen LogP contribution >= 0.6 is 15.9 Å². The van der Waals surface area contributed by atoms with Crippen molar-refractivity contribution >= 4 is 21.9 Å². The van der Waals surface area contributed by atoms with Crippen LogP contribution in [0.2, 0.25) is 0 Å². The summed E-state index contributed by atoms with van der Waals surface area (Å²) in [7, 11) is 1.30. The van der Waals surface area contributed by atoms with E-state index in [1.54, 1.807) is 24.3 Å². The number of rotatable bonds is 4. The highest BCUT2D eigenvalue weighted by molar-refractivity contribution is 9.09. The summed E-state index contributed by atoms with van der Waals surface area (Å²) in [5, 5.41) is 19.3. The second-order valence-electron chi connectivity index (χ2n) is 3.39. The predicted molar refractivity (Wildman–Crippen MR) is 62.6 cm³/mol. The zero-order chi connectivity index (χ0) is 12.2. The van der Waals surface area contributed by atoms with Gasteiger partial charge >= 0.3 is 5.97 Å². The number of aliphatic hydroxyl groups is 2. The molecule has 88 valence electrons. The molecule has 0 spiro atoms. The third kappa shape index (κ3) is 2.61. The number of benzene rings is 1. The van der Waals surface area contributed by atoms with Gasteiger partial charge in [0.25, 0.3) is 0 Å². The van der Waals surface area contributed by atoms with Gasteiger partial charge in [0, 0.05) is 5.33 Å². The summed E-state index contributed by atoms with van der Waals surface area (Å²) >= 11 is 3.13. The van der Waals surface area contributed by atoms with Crippen molar-refractivity contribution < 1.29 is 19.7 Å². The molecule has 0 amide bonds. The van der Waals surface area contributed by atoms with Crippen LogP contribution in [0.1, 0.15) is 15.9 Å². The lowest BCUT2D eigenvalue weighted by molar-refractivity contribution is 0.00317. The summed E-state index contributed by atoms with van der Waals surface area (Å²) in [4.78, 5) is 11.2. The van der Waals surface area contributed by atoms with Gasteiger partial charge in [-0.3, -0.25) is 0 Å². The maximum Gasteiger partial charge on any atom is 0.337 e. The van der Waals surface area contributed by atoms with Crippen molar-refractivity contribution in [2.24, 2.45) is 0 Å². The van der Waals surface area contributed by atoms with Gasteiger partial charge in [-0.15, -0.1) is 0 Å². The molecule has 4 nitrogen and oxygen atoms in total. The summed E-state index contributed by atoms with van der Waals surface area (Å²) in [6.07, 6.45) is 0. The highest BCUT2D eigenvalue weighted by atomic mass is 79.9. The molecule has 0 aliphatic heterocycles. The lowest BCUT2D eigenvalue weighted by Gasteiger charge is -2.23. The van der Waals surface area contributed by atoms with E-state index in [9.17, 15) is 9.90 Å². The molecule has 0 saturated heterocycles. The van der Waals surface area contributed by atoms with Gasteiger partial charge in [-0.25, -0.2) is 4.79 Å². The number of aliphatic hydroxyl groups excluding tert-OH is 1. The molecule has 2 N–H and O–H groups in total. The van der Waals surface area contributed by atoms with E-state index in [4.69, 9.17) is 5.11 Å². The van der Waals surface area contributed by atoms with Crippen LogP contribution < -0.4 is 0 Å².